The van der Waals surface area contributed by atoms with Crippen LogP contribution in [-0.4, -0.2) is 9.55 Å². The lowest BCUT2D eigenvalue weighted by Gasteiger charge is -2.06. The Labute approximate surface area is 108 Å². The van der Waals surface area contributed by atoms with Gasteiger partial charge in [-0.25, -0.2) is 4.98 Å². The molecule has 0 bridgehead atoms. The number of nitrogens with zero attached hydrogens (tertiary/aromatic N) is 2. The quantitative estimate of drug-likeness (QED) is 0.872. The molecule has 0 aliphatic heterocycles. The summed E-state index contributed by atoms with van der Waals surface area (Å²) in [6, 6.07) is 9.02. The summed E-state index contributed by atoms with van der Waals surface area (Å²) in [5, 5.41) is 3.43. The first-order valence-corrected chi connectivity index (χ1v) is 6.58. The number of hydrogen-bond acceptors (Lipinski definition) is 2. The monoisotopic (exact) mass is 241 g/mol. The van der Waals surface area contributed by atoms with E-state index < -0.39 is 0 Å². The molecule has 1 aliphatic rings. The summed E-state index contributed by atoms with van der Waals surface area (Å²) in [6.45, 7) is 1.71. The molecule has 3 rings (SSSR count). The van der Waals surface area contributed by atoms with E-state index in [9.17, 15) is 0 Å². The molecule has 0 atom stereocenters. The summed E-state index contributed by atoms with van der Waals surface area (Å²) in [4.78, 5) is 4.29. The zero-order valence-corrected chi connectivity index (χ0v) is 10.8. The van der Waals surface area contributed by atoms with Gasteiger partial charge in [-0.3, -0.25) is 0 Å². The van der Waals surface area contributed by atoms with Gasteiger partial charge in [0.25, 0.3) is 0 Å². The summed E-state index contributed by atoms with van der Waals surface area (Å²) in [6.07, 6.45) is 6.55. The van der Waals surface area contributed by atoms with Crippen molar-refractivity contribution in [2.24, 2.45) is 7.05 Å². The van der Waals surface area contributed by atoms with Crippen LogP contribution in [0.3, 0.4) is 0 Å². The third-order valence-electron chi connectivity index (χ3n) is 3.56. The average Bonchev–Trinajstić information content (AvgIpc) is 3.16. The lowest BCUT2D eigenvalue weighted by atomic mass is 10.1. The molecule has 94 valence electrons. The van der Waals surface area contributed by atoms with Crippen LogP contribution >= 0.6 is 0 Å². The van der Waals surface area contributed by atoms with Gasteiger partial charge in [0.1, 0.15) is 5.82 Å². The minimum atomic E-state index is 0.813. The maximum absolute atomic E-state index is 4.29. The highest BCUT2D eigenvalue weighted by Crippen LogP contribution is 2.39. The third-order valence-corrected chi connectivity index (χ3v) is 3.56. The van der Waals surface area contributed by atoms with Crippen molar-refractivity contribution in [2.45, 2.75) is 31.8 Å². The highest BCUT2D eigenvalue weighted by atomic mass is 15.1. The van der Waals surface area contributed by atoms with Crippen molar-refractivity contribution in [3.8, 4) is 0 Å². The summed E-state index contributed by atoms with van der Waals surface area (Å²) in [5.41, 5.74) is 2.84. The van der Waals surface area contributed by atoms with Crippen LogP contribution in [0.25, 0.3) is 0 Å². The van der Waals surface area contributed by atoms with E-state index in [2.05, 4.69) is 34.6 Å². The molecule has 0 spiro atoms. The Morgan fingerprint density at radius 3 is 2.61 bits per heavy atom. The molecule has 1 aromatic heterocycles. The first-order valence-electron chi connectivity index (χ1n) is 6.58. The lowest BCUT2D eigenvalue weighted by Crippen LogP contribution is -2.15. The molecule has 0 radical (unpaired) electrons. The molecule has 1 saturated carbocycles. The van der Waals surface area contributed by atoms with Crippen molar-refractivity contribution in [2.75, 3.05) is 0 Å². The second kappa shape index (κ2) is 4.94. The van der Waals surface area contributed by atoms with Gasteiger partial charge in [0.05, 0.1) is 6.54 Å². The van der Waals surface area contributed by atoms with Crippen LogP contribution in [0.5, 0.6) is 0 Å². The second-order valence-corrected chi connectivity index (χ2v) is 5.07. The van der Waals surface area contributed by atoms with Gasteiger partial charge in [0, 0.05) is 26.0 Å². The van der Waals surface area contributed by atoms with E-state index in [1.165, 1.54) is 24.0 Å². The minimum Gasteiger partial charge on any atom is -0.337 e. The van der Waals surface area contributed by atoms with Gasteiger partial charge in [-0.15, -0.1) is 0 Å². The molecule has 1 fully saturated rings. The third kappa shape index (κ3) is 2.62. The summed E-state index contributed by atoms with van der Waals surface area (Å²) in [7, 11) is 2.02. The molecule has 1 aromatic carbocycles. The molecule has 0 amide bonds. The average molecular weight is 241 g/mol. The molecule has 0 unspecified atom stereocenters. The van der Waals surface area contributed by atoms with E-state index in [0.717, 1.165) is 24.8 Å². The lowest BCUT2D eigenvalue weighted by molar-refractivity contribution is 0.639. The maximum atomic E-state index is 4.29. The van der Waals surface area contributed by atoms with Gasteiger partial charge >= 0.3 is 0 Å². The summed E-state index contributed by atoms with van der Waals surface area (Å²) < 4.78 is 2.04. The smallest absolute Gasteiger partial charge is 0.122 e. The van der Waals surface area contributed by atoms with E-state index in [-0.39, 0.29) is 0 Å². The van der Waals surface area contributed by atoms with E-state index in [0.29, 0.717) is 0 Å². The predicted octanol–water partition coefficient (Wildman–Crippen LogP) is 2.59. The Hall–Kier alpha value is -1.61. The minimum absolute atomic E-state index is 0.813. The first-order chi connectivity index (χ1) is 8.83. The second-order valence-electron chi connectivity index (χ2n) is 5.07. The van der Waals surface area contributed by atoms with Crippen LogP contribution in [0.4, 0.5) is 0 Å². The number of imidazole rings is 1. The fourth-order valence-corrected chi connectivity index (χ4v) is 2.21. The molecule has 2 aromatic rings. The fourth-order valence-electron chi connectivity index (χ4n) is 2.21. The van der Waals surface area contributed by atoms with Crippen LogP contribution in [0.2, 0.25) is 0 Å². The normalized spacial score (nSPS) is 14.9. The van der Waals surface area contributed by atoms with Gasteiger partial charge in [0.15, 0.2) is 0 Å². The van der Waals surface area contributed by atoms with E-state index >= 15 is 0 Å². The summed E-state index contributed by atoms with van der Waals surface area (Å²) in [5.74, 6) is 1.92. The van der Waals surface area contributed by atoms with Crippen molar-refractivity contribution in [3.05, 3.63) is 53.6 Å². The summed E-state index contributed by atoms with van der Waals surface area (Å²) >= 11 is 0. The maximum Gasteiger partial charge on any atom is 0.122 e. The largest absolute Gasteiger partial charge is 0.337 e. The number of aryl methyl sites for hydroxylation is 1. The predicted molar refractivity (Wildman–Crippen MR) is 72.2 cm³/mol. The zero-order valence-electron chi connectivity index (χ0n) is 10.8. The number of benzene rings is 1. The highest BCUT2D eigenvalue weighted by molar-refractivity contribution is 5.27. The van der Waals surface area contributed by atoms with Gasteiger partial charge < -0.3 is 9.88 Å². The Bertz CT molecular complexity index is 509. The van der Waals surface area contributed by atoms with Crippen LogP contribution in [0.1, 0.15) is 35.7 Å². The van der Waals surface area contributed by atoms with Crippen molar-refractivity contribution < 1.29 is 0 Å². The van der Waals surface area contributed by atoms with Crippen molar-refractivity contribution in [3.63, 3.8) is 0 Å². The Morgan fingerprint density at radius 2 is 2.00 bits per heavy atom. The first kappa shape index (κ1) is 11.5. The molecule has 3 heteroatoms. The van der Waals surface area contributed by atoms with Gasteiger partial charge in [-0.05, 0) is 29.9 Å². The van der Waals surface area contributed by atoms with Crippen molar-refractivity contribution in [1.29, 1.82) is 0 Å². The fraction of sp³-hybridized carbons (Fsp3) is 0.400. The van der Waals surface area contributed by atoms with Crippen LogP contribution in [0.15, 0.2) is 36.7 Å². The Balaban J connectivity index is 1.52. The Kier molecular flexibility index (Phi) is 3.15. The molecule has 18 heavy (non-hydrogen) atoms. The molecule has 3 nitrogen and oxygen atoms in total. The van der Waals surface area contributed by atoms with E-state index in [4.69, 9.17) is 0 Å². The van der Waals surface area contributed by atoms with Crippen LogP contribution in [-0.2, 0) is 20.1 Å². The molecule has 1 heterocycles. The molecular formula is C15H19N3. The zero-order chi connectivity index (χ0) is 12.4. The van der Waals surface area contributed by atoms with E-state index in [1.54, 1.807) is 0 Å². The van der Waals surface area contributed by atoms with E-state index in [1.807, 2.05) is 24.0 Å². The van der Waals surface area contributed by atoms with Gasteiger partial charge in [-0.1, -0.05) is 24.3 Å². The molecule has 0 saturated heterocycles. The van der Waals surface area contributed by atoms with Crippen molar-refractivity contribution in [1.82, 2.24) is 14.9 Å². The van der Waals surface area contributed by atoms with Gasteiger partial charge in [-0.2, -0.15) is 0 Å². The van der Waals surface area contributed by atoms with Crippen LogP contribution in [0, 0.1) is 0 Å². The highest BCUT2D eigenvalue weighted by Gasteiger charge is 2.22. The SMILES string of the molecule is Cn1ccnc1CNCc1ccc(C2CC2)cc1. The number of nitrogens with one attached hydrogen (secondary N) is 1. The number of aromatic nitrogens is 2. The van der Waals surface area contributed by atoms with Gasteiger partial charge in [0.2, 0.25) is 0 Å². The topological polar surface area (TPSA) is 29.9 Å². The molecule has 1 N–H and O–H groups in total. The van der Waals surface area contributed by atoms with Crippen LogP contribution < -0.4 is 5.32 Å². The number of hydrogen-bond donors (Lipinski definition) is 1. The standard InChI is InChI=1S/C15H19N3/c1-18-9-8-17-15(18)11-16-10-12-2-4-13(5-3-12)14-6-7-14/h2-5,8-9,14,16H,6-7,10-11H2,1H3. The Morgan fingerprint density at radius 1 is 1.22 bits per heavy atom. The van der Waals surface area contributed by atoms with Crippen molar-refractivity contribution >= 4 is 0 Å². The molecular weight excluding hydrogens is 222 g/mol. The molecule has 1 aliphatic carbocycles. The number of rotatable bonds is 5.